The van der Waals surface area contributed by atoms with Gasteiger partial charge in [0.1, 0.15) is 5.75 Å². The van der Waals surface area contributed by atoms with Crippen LogP contribution in [0.4, 0.5) is 5.69 Å². The number of imidazole rings is 1. The Hall–Kier alpha value is -3.13. The zero-order valence-corrected chi connectivity index (χ0v) is 17.3. The fourth-order valence-corrected chi connectivity index (χ4v) is 3.80. The first-order valence-electron chi connectivity index (χ1n) is 10.4. The van der Waals surface area contributed by atoms with Gasteiger partial charge in [0.25, 0.3) is 5.91 Å². The summed E-state index contributed by atoms with van der Waals surface area (Å²) in [5.74, 6) is 1.07. The number of rotatable bonds is 8. The Balaban J connectivity index is 1.15. The summed E-state index contributed by atoms with van der Waals surface area (Å²) in [5, 5.41) is 2.94. The number of fused-ring (bicyclic) bond motifs is 1. The molecule has 8 heteroatoms. The standard InChI is InChI=1S/C22H28N6O2/c1-30-19-9-3-2-8-18(19)28-15-13-27(14-16-28)12-5-4-10-24-22(29)21-25-17-7-6-11-23-20(17)26-21/h2-3,6-9,11H,4-5,10,12-16H2,1H3,(H,24,29)(H,23,25,26). The number of unbranched alkanes of at least 4 members (excludes halogenated alkanes) is 1. The average molecular weight is 409 g/mol. The van der Waals surface area contributed by atoms with E-state index in [-0.39, 0.29) is 5.91 Å². The molecule has 1 saturated heterocycles. The first kappa shape index (κ1) is 20.2. The second-order valence-corrected chi connectivity index (χ2v) is 7.42. The Morgan fingerprint density at radius 2 is 1.97 bits per heavy atom. The van der Waals surface area contributed by atoms with E-state index in [4.69, 9.17) is 4.74 Å². The number of hydrogen-bond acceptors (Lipinski definition) is 6. The van der Waals surface area contributed by atoms with Crippen molar-refractivity contribution in [2.24, 2.45) is 0 Å². The second-order valence-electron chi connectivity index (χ2n) is 7.42. The summed E-state index contributed by atoms with van der Waals surface area (Å²) in [5.41, 5.74) is 2.51. The summed E-state index contributed by atoms with van der Waals surface area (Å²) in [6.45, 7) is 5.76. The minimum absolute atomic E-state index is 0.182. The lowest BCUT2D eigenvalue weighted by Gasteiger charge is -2.36. The molecule has 1 fully saturated rings. The highest BCUT2D eigenvalue weighted by atomic mass is 16.5. The number of hydrogen-bond donors (Lipinski definition) is 2. The van der Waals surface area contributed by atoms with E-state index in [0.29, 0.717) is 18.0 Å². The summed E-state index contributed by atoms with van der Waals surface area (Å²) in [4.78, 5) is 28.5. The van der Waals surface area contributed by atoms with Crippen LogP contribution in [0.2, 0.25) is 0 Å². The molecule has 1 amide bonds. The number of ether oxygens (including phenoxy) is 1. The Morgan fingerprint density at radius 3 is 2.77 bits per heavy atom. The number of nitrogens with zero attached hydrogens (tertiary/aromatic N) is 4. The molecule has 8 nitrogen and oxygen atoms in total. The van der Waals surface area contributed by atoms with E-state index < -0.39 is 0 Å². The molecule has 158 valence electrons. The molecule has 2 aromatic heterocycles. The molecule has 4 rings (SSSR count). The molecule has 1 aliphatic heterocycles. The summed E-state index contributed by atoms with van der Waals surface area (Å²) < 4.78 is 5.49. The van der Waals surface area contributed by atoms with Gasteiger partial charge in [0, 0.05) is 38.9 Å². The number of aromatic nitrogens is 3. The molecule has 0 unspecified atom stereocenters. The average Bonchev–Trinajstić information content (AvgIpc) is 3.24. The number of benzene rings is 1. The van der Waals surface area contributed by atoms with Crippen molar-refractivity contribution < 1.29 is 9.53 Å². The fourth-order valence-electron chi connectivity index (χ4n) is 3.80. The quantitative estimate of drug-likeness (QED) is 0.556. The molecular formula is C22H28N6O2. The maximum atomic E-state index is 12.2. The van der Waals surface area contributed by atoms with Crippen molar-refractivity contribution in [1.82, 2.24) is 25.2 Å². The SMILES string of the molecule is COc1ccccc1N1CCN(CCCCNC(=O)c2nc3ncccc3[nH]2)CC1. The van der Waals surface area contributed by atoms with Crippen LogP contribution in [0, 0.1) is 0 Å². The van der Waals surface area contributed by atoms with Gasteiger partial charge < -0.3 is 19.9 Å². The van der Waals surface area contributed by atoms with Gasteiger partial charge in [0.05, 0.1) is 18.3 Å². The van der Waals surface area contributed by atoms with Gasteiger partial charge in [-0.2, -0.15) is 0 Å². The molecule has 3 aromatic rings. The van der Waals surface area contributed by atoms with Gasteiger partial charge in [-0.25, -0.2) is 9.97 Å². The maximum absolute atomic E-state index is 12.2. The van der Waals surface area contributed by atoms with Gasteiger partial charge in [-0.1, -0.05) is 12.1 Å². The molecule has 0 saturated carbocycles. The normalized spacial score (nSPS) is 14.8. The van der Waals surface area contributed by atoms with Crippen molar-refractivity contribution in [1.29, 1.82) is 0 Å². The number of carbonyl (C=O) groups excluding carboxylic acids is 1. The summed E-state index contributed by atoms with van der Waals surface area (Å²) >= 11 is 0. The molecule has 0 aliphatic carbocycles. The molecular weight excluding hydrogens is 380 g/mol. The fraction of sp³-hybridized carbons (Fsp3) is 0.409. The summed E-state index contributed by atoms with van der Waals surface area (Å²) in [7, 11) is 1.72. The third-order valence-electron chi connectivity index (χ3n) is 5.46. The molecule has 1 aliphatic rings. The zero-order chi connectivity index (χ0) is 20.8. The number of H-pyrrole nitrogens is 1. The van der Waals surface area contributed by atoms with Crippen LogP contribution in [0.5, 0.6) is 5.75 Å². The van der Waals surface area contributed by atoms with Crippen molar-refractivity contribution in [2.75, 3.05) is 51.3 Å². The number of anilines is 1. The molecule has 0 bridgehead atoms. The third kappa shape index (κ3) is 4.71. The smallest absolute Gasteiger partial charge is 0.287 e. The highest BCUT2D eigenvalue weighted by molar-refractivity contribution is 5.93. The third-order valence-corrected chi connectivity index (χ3v) is 5.46. The zero-order valence-electron chi connectivity index (χ0n) is 17.3. The van der Waals surface area contributed by atoms with Crippen molar-refractivity contribution in [3.05, 3.63) is 48.4 Å². The minimum atomic E-state index is -0.182. The van der Waals surface area contributed by atoms with Gasteiger partial charge in [0.2, 0.25) is 0 Å². The number of piperazine rings is 1. The van der Waals surface area contributed by atoms with Crippen LogP contribution in [0.1, 0.15) is 23.5 Å². The number of carbonyl (C=O) groups is 1. The molecule has 0 radical (unpaired) electrons. The van der Waals surface area contributed by atoms with Gasteiger partial charge in [-0.3, -0.25) is 9.69 Å². The number of amides is 1. The van der Waals surface area contributed by atoms with Crippen LogP contribution < -0.4 is 15.0 Å². The van der Waals surface area contributed by atoms with Gasteiger partial charge >= 0.3 is 0 Å². The lowest BCUT2D eigenvalue weighted by molar-refractivity contribution is 0.0943. The van der Waals surface area contributed by atoms with Crippen LogP contribution in [0.15, 0.2) is 42.6 Å². The van der Waals surface area contributed by atoms with Crippen molar-refractivity contribution in [3.63, 3.8) is 0 Å². The molecule has 2 N–H and O–H groups in total. The lowest BCUT2D eigenvalue weighted by atomic mass is 10.2. The van der Waals surface area contributed by atoms with Crippen LogP contribution in [-0.4, -0.2) is 72.1 Å². The van der Waals surface area contributed by atoms with E-state index in [2.05, 4.69) is 42.2 Å². The van der Waals surface area contributed by atoms with Gasteiger partial charge in [-0.05, 0) is 43.7 Å². The summed E-state index contributed by atoms with van der Waals surface area (Å²) in [6.07, 6.45) is 3.66. The number of para-hydroxylation sites is 2. The highest BCUT2D eigenvalue weighted by Crippen LogP contribution is 2.28. The summed E-state index contributed by atoms with van der Waals surface area (Å²) in [6, 6.07) is 11.9. The van der Waals surface area contributed by atoms with E-state index in [1.807, 2.05) is 24.3 Å². The maximum Gasteiger partial charge on any atom is 0.287 e. The minimum Gasteiger partial charge on any atom is -0.495 e. The Bertz CT molecular complexity index is 947. The van der Waals surface area contributed by atoms with Crippen molar-refractivity contribution >= 4 is 22.8 Å². The predicted octanol–water partition coefficient (Wildman–Crippen LogP) is 2.30. The topological polar surface area (TPSA) is 86.4 Å². The molecule has 30 heavy (non-hydrogen) atoms. The Labute approximate surface area is 176 Å². The first-order valence-corrected chi connectivity index (χ1v) is 10.4. The monoisotopic (exact) mass is 408 g/mol. The van der Waals surface area contributed by atoms with E-state index >= 15 is 0 Å². The predicted molar refractivity (Wildman–Crippen MR) is 117 cm³/mol. The number of nitrogens with one attached hydrogen (secondary N) is 2. The number of methoxy groups -OCH3 is 1. The van der Waals surface area contributed by atoms with Crippen LogP contribution in [0.25, 0.3) is 11.2 Å². The first-order chi connectivity index (χ1) is 14.7. The molecule has 0 spiro atoms. The van der Waals surface area contributed by atoms with Crippen LogP contribution in [-0.2, 0) is 0 Å². The van der Waals surface area contributed by atoms with Crippen molar-refractivity contribution in [3.8, 4) is 5.75 Å². The van der Waals surface area contributed by atoms with E-state index in [1.165, 1.54) is 5.69 Å². The van der Waals surface area contributed by atoms with Gasteiger partial charge in [-0.15, -0.1) is 0 Å². The van der Waals surface area contributed by atoms with Gasteiger partial charge in [0.15, 0.2) is 11.5 Å². The largest absolute Gasteiger partial charge is 0.495 e. The Kier molecular flexibility index (Phi) is 6.44. The highest BCUT2D eigenvalue weighted by Gasteiger charge is 2.19. The molecule has 1 aromatic carbocycles. The van der Waals surface area contributed by atoms with Crippen LogP contribution in [0.3, 0.4) is 0 Å². The van der Waals surface area contributed by atoms with Crippen LogP contribution >= 0.6 is 0 Å². The molecule has 0 atom stereocenters. The van der Waals surface area contributed by atoms with Crippen molar-refractivity contribution in [2.45, 2.75) is 12.8 Å². The Morgan fingerprint density at radius 1 is 1.13 bits per heavy atom. The van der Waals surface area contributed by atoms with E-state index in [9.17, 15) is 4.79 Å². The lowest BCUT2D eigenvalue weighted by Crippen LogP contribution is -2.46. The second kappa shape index (κ2) is 9.58. The number of pyridine rings is 1. The number of aromatic amines is 1. The van der Waals surface area contributed by atoms with E-state index in [1.54, 1.807) is 13.3 Å². The molecule has 3 heterocycles. The van der Waals surface area contributed by atoms with E-state index in [0.717, 1.165) is 56.8 Å².